The predicted octanol–water partition coefficient (Wildman–Crippen LogP) is 4.01. The molecule has 0 aliphatic rings. The van der Waals surface area contributed by atoms with E-state index in [1.54, 1.807) is 36.4 Å². The van der Waals surface area contributed by atoms with E-state index in [9.17, 15) is 4.79 Å². The molecule has 2 aromatic rings. The van der Waals surface area contributed by atoms with E-state index in [0.717, 1.165) is 5.75 Å². The number of carbonyl (C=O) groups excluding carboxylic acids is 1. The molecule has 0 aliphatic heterocycles. The minimum atomic E-state index is -0.369. The number of hydrogen-bond donors (Lipinski definition) is 0. The van der Waals surface area contributed by atoms with E-state index < -0.39 is 0 Å². The third-order valence-corrected chi connectivity index (χ3v) is 2.42. The predicted molar refractivity (Wildman–Crippen MR) is 72.9 cm³/mol. The summed E-state index contributed by atoms with van der Waals surface area (Å²) in [6.07, 6.45) is 0. The van der Waals surface area contributed by atoms with Gasteiger partial charge in [-0.2, -0.15) is 0 Å². The summed E-state index contributed by atoms with van der Waals surface area (Å²) in [5.41, 5.74) is 1.14. The average molecular weight is 254 g/mol. The number of hydrogen-bond acceptors (Lipinski definition) is 3. The lowest BCUT2D eigenvalue weighted by molar-refractivity contribution is 0.0995. The van der Waals surface area contributed by atoms with Crippen LogP contribution in [0.5, 0.6) is 5.75 Å². The number of azo groups is 1. The third kappa shape index (κ3) is 3.74. The Bertz CT molecular complexity index is 562. The van der Waals surface area contributed by atoms with Crippen LogP contribution in [0, 0.1) is 0 Å². The Morgan fingerprint density at radius 1 is 1.05 bits per heavy atom. The lowest BCUT2D eigenvalue weighted by Crippen LogP contribution is -1.95. The molecule has 0 spiro atoms. The lowest BCUT2D eigenvalue weighted by atomic mass is 10.2. The van der Waals surface area contributed by atoms with Crippen molar-refractivity contribution in [2.75, 3.05) is 6.61 Å². The van der Waals surface area contributed by atoms with E-state index in [2.05, 4.69) is 10.2 Å². The van der Waals surface area contributed by atoms with Crippen molar-refractivity contribution in [3.63, 3.8) is 0 Å². The number of amides is 1. The summed E-state index contributed by atoms with van der Waals surface area (Å²) in [6, 6.07) is 16.0. The molecular weight excluding hydrogens is 240 g/mol. The highest BCUT2D eigenvalue weighted by Gasteiger charge is 2.04. The summed E-state index contributed by atoms with van der Waals surface area (Å²) in [7, 11) is 0. The standard InChI is InChI=1S/C15H14N2O2/c1-2-19-14-10-8-12(9-11-14)15(18)17-16-13-6-4-3-5-7-13/h3-11H,2H2,1H3. The molecular formula is C15H14N2O2. The van der Waals surface area contributed by atoms with Gasteiger partial charge in [-0.15, -0.1) is 10.2 Å². The molecule has 0 radical (unpaired) electrons. The van der Waals surface area contributed by atoms with Crippen LogP contribution < -0.4 is 4.74 Å². The summed E-state index contributed by atoms with van der Waals surface area (Å²) < 4.78 is 5.30. The highest BCUT2D eigenvalue weighted by molar-refractivity contribution is 5.94. The van der Waals surface area contributed by atoms with Gasteiger partial charge in [0.1, 0.15) is 5.75 Å². The van der Waals surface area contributed by atoms with Crippen LogP contribution >= 0.6 is 0 Å². The lowest BCUT2D eigenvalue weighted by Gasteiger charge is -2.02. The van der Waals surface area contributed by atoms with Crippen LogP contribution in [0.3, 0.4) is 0 Å². The van der Waals surface area contributed by atoms with Crippen LogP contribution in [0.1, 0.15) is 17.3 Å². The first-order valence-corrected chi connectivity index (χ1v) is 6.03. The van der Waals surface area contributed by atoms with Crippen molar-refractivity contribution in [1.82, 2.24) is 0 Å². The highest BCUT2D eigenvalue weighted by Crippen LogP contribution is 2.15. The molecule has 0 aromatic heterocycles. The Balaban J connectivity index is 2.05. The van der Waals surface area contributed by atoms with Gasteiger partial charge in [-0.3, -0.25) is 4.79 Å². The molecule has 0 saturated carbocycles. The molecule has 0 atom stereocenters. The maximum absolute atomic E-state index is 11.8. The Hall–Kier alpha value is -2.49. The number of carbonyl (C=O) groups is 1. The van der Waals surface area contributed by atoms with Crippen LogP contribution in [-0.2, 0) is 0 Å². The quantitative estimate of drug-likeness (QED) is 0.774. The molecule has 0 saturated heterocycles. The summed E-state index contributed by atoms with van der Waals surface area (Å²) in [4.78, 5) is 11.8. The van der Waals surface area contributed by atoms with Crippen molar-refractivity contribution in [3.05, 3.63) is 60.2 Å². The normalized spacial score (nSPS) is 10.6. The van der Waals surface area contributed by atoms with Crippen molar-refractivity contribution in [1.29, 1.82) is 0 Å². The number of ether oxygens (including phenoxy) is 1. The smallest absolute Gasteiger partial charge is 0.295 e. The topological polar surface area (TPSA) is 51.0 Å². The van der Waals surface area contributed by atoms with E-state index in [0.29, 0.717) is 17.9 Å². The molecule has 96 valence electrons. The Morgan fingerprint density at radius 2 is 1.74 bits per heavy atom. The minimum Gasteiger partial charge on any atom is -0.494 e. The van der Waals surface area contributed by atoms with Crippen LogP contribution in [0.25, 0.3) is 0 Å². The average Bonchev–Trinajstić information content (AvgIpc) is 2.47. The van der Waals surface area contributed by atoms with Gasteiger partial charge in [0.2, 0.25) is 0 Å². The van der Waals surface area contributed by atoms with Gasteiger partial charge >= 0.3 is 0 Å². The molecule has 4 heteroatoms. The fourth-order valence-corrected chi connectivity index (χ4v) is 1.52. The first-order chi connectivity index (χ1) is 9.29. The molecule has 2 rings (SSSR count). The third-order valence-electron chi connectivity index (χ3n) is 2.42. The number of nitrogens with zero attached hydrogens (tertiary/aromatic N) is 2. The van der Waals surface area contributed by atoms with Crippen molar-refractivity contribution in [2.24, 2.45) is 10.2 Å². The summed E-state index contributed by atoms with van der Waals surface area (Å²) in [5.74, 6) is 0.367. The van der Waals surface area contributed by atoms with Crippen molar-refractivity contribution < 1.29 is 9.53 Å². The monoisotopic (exact) mass is 254 g/mol. The first kappa shape index (κ1) is 13.0. The van der Waals surface area contributed by atoms with Gasteiger partial charge in [0.25, 0.3) is 5.91 Å². The zero-order valence-corrected chi connectivity index (χ0v) is 10.6. The molecule has 0 N–H and O–H groups in total. The van der Waals surface area contributed by atoms with Crippen molar-refractivity contribution in [2.45, 2.75) is 6.92 Å². The van der Waals surface area contributed by atoms with Gasteiger partial charge in [-0.25, -0.2) is 0 Å². The second-order valence-electron chi connectivity index (χ2n) is 3.80. The van der Waals surface area contributed by atoms with Crippen molar-refractivity contribution in [3.8, 4) is 5.75 Å². The Labute approximate surface area is 111 Å². The molecule has 0 aliphatic carbocycles. The molecule has 2 aromatic carbocycles. The molecule has 0 fully saturated rings. The second-order valence-corrected chi connectivity index (χ2v) is 3.80. The first-order valence-electron chi connectivity index (χ1n) is 6.03. The van der Waals surface area contributed by atoms with Crippen molar-refractivity contribution >= 4 is 11.6 Å². The van der Waals surface area contributed by atoms with Gasteiger partial charge in [-0.05, 0) is 43.3 Å². The van der Waals surface area contributed by atoms with Crippen LogP contribution in [-0.4, -0.2) is 12.5 Å². The van der Waals surface area contributed by atoms with E-state index in [1.807, 2.05) is 25.1 Å². The molecule has 0 unspecified atom stereocenters. The Kier molecular flexibility index (Phi) is 4.39. The summed E-state index contributed by atoms with van der Waals surface area (Å²) >= 11 is 0. The number of benzene rings is 2. The fraction of sp³-hybridized carbons (Fsp3) is 0.133. The SMILES string of the molecule is CCOc1ccc(C(=O)N=Nc2ccccc2)cc1. The minimum absolute atomic E-state index is 0.369. The molecule has 19 heavy (non-hydrogen) atoms. The number of rotatable bonds is 4. The van der Waals surface area contributed by atoms with Gasteiger partial charge < -0.3 is 4.74 Å². The van der Waals surface area contributed by atoms with E-state index in [1.165, 1.54) is 0 Å². The van der Waals surface area contributed by atoms with E-state index in [-0.39, 0.29) is 5.91 Å². The van der Waals surface area contributed by atoms with E-state index in [4.69, 9.17) is 4.74 Å². The Morgan fingerprint density at radius 3 is 2.37 bits per heavy atom. The van der Waals surface area contributed by atoms with Gasteiger partial charge in [0, 0.05) is 5.56 Å². The molecule has 1 amide bonds. The maximum Gasteiger partial charge on any atom is 0.295 e. The van der Waals surface area contributed by atoms with Crippen LogP contribution in [0.4, 0.5) is 5.69 Å². The van der Waals surface area contributed by atoms with Gasteiger partial charge in [0.05, 0.1) is 12.3 Å². The summed E-state index contributed by atoms with van der Waals surface area (Å²) in [5, 5.41) is 7.57. The van der Waals surface area contributed by atoms with Gasteiger partial charge in [-0.1, -0.05) is 18.2 Å². The molecule has 0 heterocycles. The zero-order chi connectivity index (χ0) is 13.5. The van der Waals surface area contributed by atoms with Crippen LogP contribution in [0.15, 0.2) is 64.8 Å². The molecule has 4 nitrogen and oxygen atoms in total. The van der Waals surface area contributed by atoms with Gasteiger partial charge in [0.15, 0.2) is 0 Å². The zero-order valence-electron chi connectivity index (χ0n) is 10.6. The second kappa shape index (κ2) is 6.44. The maximum atomic E-state index is 11.8. The van der Waals surface area contributed by atoms with E-state index >= 15 is 0 Å². The fourth-order valence-electron chi connectivity index (χ4n) is 1.52. The van der Waals surface area contributed by atoms with Crippen LogP contribution in [0.2, 0.25) is 0 Å². The highest BCUT2D eigenvalue weighted by atomic mass is 16.5. The largest absolute Gasteiger partial charge is 0.494 e. The summed E-state index contributed by atoms with van der Waals surface area (Å²) in [6.45, 7) is 2.51. The molecule has 0 bridgehead atoms.